The number of amides is 2. The van der Waals surface area contributed by atoms with Gasteiger partial charge in [-0.2, -0.15) is 5.10 Å². The lowest BCUT2D eigenvalue weighted by Gasteiger charge is -2.08. The number of thiazole rings is 1. The maximum atomic E-state index is 12.1. The average Bonchev–Trinajstić information content (AvgIpc) is 3.29. The fraction of sp³-hybridized carbons (Fsp3) is 0.312. The molecule has 0 spiro atoms. The molecular weight excluding hydrogens is 326 g/mol. The van der Waals surface area contributed by atoms with Gasteiger partial charge >= 0.3 is 6.03 Å². The molecule has 1 aromatic carbocycles. The summed E-state index contributed by atoms with van der Waals surface area (Å²) in [4.78, 5) is 16.4. The first-order chi connectivity index (χ1) is 11.8. The molecule has 1 fully saturated rings. The van der Waals surface area contributed by atoms with E-state index in [1.807, 2.05) is 24.4 Å². The van der Waals surface area contributed by atoms with Crippen LogP contribution < -0.4 is 10.6 Å². The zero-order chi connectivity index (χ0) is 16.4. The molecule has 3 aromatic rings. The summed E-state index contributed by atoms with van der Waals surface area (Å²) in [5, 5.41) is 9.85. The highest BCUT2D eigenvalue weighted by molar-refractivity contribution is 7.16. The summed E-state index contributed by atoms with van der Waals surface area (Å²) in [6.07, 6.45) is 5.82. The van der Waals surface area contributed by atoms with Crippen molar-refractivity contribution in [3.63, 3.8) is 0 Å². The van der Waals surface area contributed by atoms with Crippen LogP contribution >= 0.6 is 11.3 Å². The van der Waals surface area contributed by atoms with Gasteiger partial charge in [-0.15, -0.1) is 11.3 Å². The van der Waals surface area contributed by atoms with Crippen LogP contribution in [0.4, 0.5) is 16.2 Å². The molecule has 1 aliphatic heterocycles. The first-order valence-electron chi connectivity index (χ1n) is 7.81. The number of carbonyl (C=O) groups excluding carboxylic acids is 1. The van der Waals surface area contributed by atoms with Gasteiger partial charge in [-0.1, -0.05) is 0 Å². The summed E-state index contributed by atoms with van der Waals surface area (Å²) in [5.74, 6) is 0. The van der Waals surface area contributed by atoms with Crippen molar-refractivity contribution >= 4 is 39.0 Å². The summed E-state index contributed by atoms with van der Waals surface area (Å²) in [6, 6.07) is 5.36. The summed E-state index contributed by atoms with van der Waals surface area (Å²) in [5.41, 5.74) is 4.02. The number of benzene rings is 1. The van der Waals surface area contributed by atoms with Gasteiger partial charge in [0.15, 0.2) is 0 Å². The Morgan fingerprint density at radius 2 is 2.29 bits per heavy atom. The lowest BCUT2D eigenvalue weighted by Crippen LogP contribution is -2.19. The zero-order valence-corrected chi connectivity index (χ0v) is 13.8. The zero-order valence-electron chi connectivity index (χ0n) is 12.9. The molecule has 3 heterocycles. The molecule has 0 aliphatic carbocycles. The lowest BCUT2D eigenvalue weighted by molar-refractivity contribution is 0.0940. The van der Waals surface area contributed by atoms with Gasteiger partial charge in [0.05, 0.1) is 40.3 Å². The van der Waals surface area contributed by atoms with Gasteiger partial charge in [-0.3, -0.25) is 4.68 Å². The van der Waals surface area contributed by atoms with E-state index in [9.17, 15) is 4.79 Å². The van der Waals surface area contributed by atoms with E-state index in [1.54, 1.807) is 27.7 Å². The van der Waals surface area contributed by atoms with E-state index in [2.05, 4.69) is 20.7 Å². The standard InChI is InChI=1S/C16H17N5O2S/c22-16(19-11-3-4-15-14(6-11)17-10-24-15)20-12-7-18-21(8-12)9-13-2-1-5-23-13/h3-4,6-8,10,13H,1-2,5,9H2,(H2,19,20,22). The van der Waals surface area contributed by atoms with Crippen molar-refractivity contribution in [1.29, 1.82) is 0 Å². The molecule has 0 saturated carbocycles. The summed E-state index contributed by atoms with van der Waals surface area (Å²) < 4.78 is 8.48. The third kappa shape index (κ3) is 3.39. The highest BCUT2D eigenvalue weighted by atomic mass is 32.1. The van der Waals surface area contributed by atoms with Crippen molar-refractivity contribution in [3.05, 3.63) is 36.1 Å². The number of rotatable bonds is 4. The van der Waals surface area contributed by atoms with Crippen LogP contribution in [-0.2, 0) is 11.3 Å². The monoisotopic (exact) mass is 343 g/mol. The van der Waals surface area contributed by atoms with E-state index in [0.717, 1.165) is 29.7 Å². The number of hydrogen-bond donors (Lipinski definition) is 2. The van der Waals surface area contributed by atoms with Gasteiger partial charge in [0, 0.05) is 18.5 Å². The number of hydrogen-bond acceptors (Lipinski definition) is 5. The van der Waals surface area contributed by atoms with Crippen molar-refractivity contribution in [2.24, 2.45) is 0 Å². The van der Waals surface area contributed by atoms with Gasteiger partial charge in [0.2, 0.25) is 0 Å². The number of ether oxygens (including phenoxy) is 1. The topological polar surface area (TPSA) is 81.1 Å². The first kappa shape index (κ1) is 15.1. The molecule has 2 aromatic heterocycles. The van der Waals surface area contributed by atoms with E-state index in [0.29, 0.717) is 17.9 Å². The molecule has 124 valence electrons. The summed E-state index contributed by atoms with van der Waals surface area (Å²) >= 11 is 1.57. The van der Waals surface area contributed by atoms with E-state index in [-0.39, 0.29) is 12.1 Å². The smallest absolute Gasteiger partial charge is 0.323 e. The Bertz CT molecular complexity index is 853. The van der Waals surface area contributed by atoms with Crippen LogP contribution in [0, 0.1) is 0 Å². The number of carbonyl (C=O) groups is 1. The number of anilines is 2. The Kier molecular flexibility index (Phi) is 4.14. The Balaban J connectivity index is 1.36. The van der Waals surface area contributed by atoms with Crippen LogP contribution in [0.5, 0.6) is 0 Å². The van der Waals surface area contributed by atoms with Gasteiger partial charge in [-0.05, 0) is 31.0 Å². The van der Waals surface area contributed by atoms with Crippen molar-refractivity contribution in [2.75, 3.05) is 17.2 Å². The van der Waals surface area contributed by atoms with Gasteiger partial charge in [0.1, 0.15) is 0 Å². The molecule has 0 radical (unpaired) electrons. The fourth-order valence-electron chi connectivity index (χ4n) is 2.75. The number of nitrogens with zero attached hydrogens (tertiary/aromatic N) is 3. The van der Waals surface area contributed by atoms with Crippen LogP contribution in [0.1, 0.15) is 12.8 Å². The van der Waals surface area contributed by atoms with E-state index < -0.39 is 0 Å². The average molecular weight is 343 g/mol. The predicted molar refractivity (Wildman–Crippen MR) is 93.5 cm³/mol. The second-order valence-corrected chi connectivity index (χ2v) is 6.59. The third-order valence-electron chi connectivity index (χ3n) is 3.89. The Labute approximate surface area is 142 Å². The van der Waals surface area contributed by atoms with Crippen molar-refractivity contribution in [2.45, 2.75) is 25.5 Å². The molecule has 1 aliphatic rings. The number of fused-ring (bicyclic) bond motifs is 1. The normalized spacial score (nSPS) is 17.2. The number of urea groups is 1. The molecule has 4 rings (SSSR count). The molecule has 1 unspecified atom stereocenters. The molecule has 1 saturated heterocycles. The number of aromatic nitrogens is 3. The van der Waals surface area contributed by atoms with Crippen molar-refractivity contribution < 1.29 is 9.53 Å². The Hall–Kier alpha value is -2.45. The number of nitrogens with one attached hydrogen (secondary N) is 2. The Morgan fingerprint density at radius 3 is 3.17 bits per heavy atom. The lowest BCUT2D eigenvalue weighted by atomic mass is 10.2. The molecule has 0 bridgehead atoms. The minimum Gasteiger partial charge on any atom is -0.376 e. The highest BCUT2D eigenvalue weighted by Crippen LogP contribution is 2.21. The van der Waals surface area contributed by atoms with Crippen molar-refractivity contribution in [1.82, 2.24) is 14.8 Å². The van der Waals surface area contributed by atoms with E-state index in [1.165, 1.54) is 0 Å². The summed E-state index contributed by atoms with van der Waals surface area (Å²) in [7, 11) is 0. The molecule has 2 amide bonds. The van der Waals surface area contributed by atoms with Gasteiger partial charge in [0.25, 0.3) is 0 Å². The highest BCUT2D eigenvalue weighted by Gasteiger charge is 2.16. The van der Waals surface area contributed by atoms with Crippen molar-refractivity contribution in [3.8, 4) is 0 Å². The minimum absolute atomic E-state index is 0.219. The molecule has 8 heteroatoms. The SMILES string of the molecule is O=C(Nc1ccc2scnc2c1)Nc1cnn(CC2CCCO2)c1. The van der Waals surface area contributed by atoms with Gasteiger partial charge in [-0.25, -0.2) is 9.78 Å². The van der Waals surface area contributed by atoms with Gasteiger partial charge < -0.3 is 15.4 Å². The second-order valence-electron chi connectivity index (χ2n) is 5.70. The van der Waals surface area contributed by atoms with Crippen LogP contribution in [0.15, 0.2) is 36.1 Å². The van der Waals surface area contributed by atoms with E-state index in [4.69, 9.17) is 4.74 Å². The van der Waals surface area contributed by atoms with Crippen LogP contribution in [0.3, 0.4) is 0 Å². The van der Waals surface area contributed by atoms with E-state index >= 15 is 0 Å². The van der Waals surface area contributed by atoms with Crippen LogP contribution in [-0.4, -0.2) is 33.5 Å². The second kappa shape index (κ2) is 6.58. The minimum atomic E-state index is -0.304. The maximum absolute atomic E-state index is 12.1. The molecule has 1 atom stereocenters. The molecular formula is C16H17N5O2S. The fourth-order valence-corrected chi connectivity index (χ4v) is 3.41. The quantitative estimate of drug-likeness (QED) is 0.761. The molecule has 7 nitrogen and oxygen atoms in total. The maximum Gasteiger partial charge on any atom is 0.323 e. The van der Waals surface area contributed by atoms with Crippen LogP contribution in [0.25, 0.3) is 10.2 Å². The third-order valence-corrected chi connectivity index (χ3v) is 4.70. The predicted octanol–water partition coefficient (Wildman–Crippen LogP) is 3.32. The summed E-state index contributed by atoms with van der Waals surface area (Å²) in [6.45, 7) is 1.53. The largest absolute Gasteiger partial charge is 0.376 e. The molecule has 2 N–H and O–H groups in total. The molecule has 24 heavy (non-hydrogen) atoms. The van der Waals surface area contributed by atoms with Crippen LogP contribution in [0.2, 0.25) is 0 Å². The Morgan fingerprint density at radius 1 is 1.38 bits per heavy atom. The first-order valence-corrected chi connectivity index (χ1v) is 8.69.